The molecule has 0 radical (unpaired) electrons. The Morgan fingerprint density at radius 2 is 1.90 bits per heavy atom. The molecule has 2 aromatic carbocycles. The molecule has 0 bridgehead atoms. The summed E-state index contributed by atoms with van der Waals surface area (Å²) >= 11 is 0. The Morgan fingerprint density at radius 3 is 2.66 bits per heavy atom. The van der Waals surface area contributed by atoms with Crippen molar-refractivity contribution in [2.24, 2.45) is 0 Å². The zero-order valence-electron chi connectivity index (χ0n) is 15.7. The van der Waals surface area contributed by atoms with Gasteiger partial charge in [-0.1, -0.05) is 18.2 Å². The number of carbonyl (C=O) groups excluding carboxylic acids is 3. The fraction of sp³-hybridized carbons (Fsp3) is 0.286. The molecule has 1 aliphatic heterocycles. The number of anilines is 1. The minimum atomic E-state index is -1.28. The lowest BCUT2D eigenvalue weighted by atomic mass is 9.89. The molecule has 1 fully saturated rings. The van der Waals surface area contributed by atoms with Crippen LogP contribution in [0.15, 0.2) is 36.4 Å². The summed E-state index contributed by atoms with van der Waals surface area (Å²) in [5.41, 5.74) is 1.55. The average Bonchev–Trinajstić information content (AvgIpc) is 3.22. The Balaban J connectivity index is 1.51. The van der Waals surface area contributed by atoms with Crippen LogP contribution in [-0.4, -0.2) is 29.3 Å². The van der Waals surface area contributed by atoms with Gasteiger partial charge in [-0.05, 0) is 55.0 Å². The number of imide groups is 1. The van der Waals surface area contributed by atoms with E-state index >= 15 is 0 Å². The number of nitrogens with zero attached hydrogens (tertiary/aromatic N) is 1. The van der Waals surface area contributed by atoms with E-state index in [9.17, 15) is 23.2 Å². The summed E-state index contributed by atoms with van der Waals surface area (Å²) in [5.74, 6) is -3.05. The van der Waals surface area contributed by atoms with Gasteiger partial charge in [-0.15, -0.1) is 0 Å². The number of amides is 4. The first-order valence-electron chi connectivity index (χ1n) is 9.29. The minimum Gasteiger partial charge on any atom is -0.322 e. The summed E-state index contributed by atoms with van der Waals surface area (Å²) in [7, 11) is 0. The van der Waals surface area contributed by atoms with Crippen LogP contribution in [0.25, 0.3) is 0 Å². The first-order valence-corrected chi connectivity index (χ1v) is 9.29. The van der Waals surface area contributed by atoms with Crippen molar-refractivity contribution in [3.05, 3.63) is 64.7 Å². The second-order valence-corrected chi connectivity index (χ2v) is 7.46. The molecule has 2 aromatic rings. The topological polar surface area (TPSA) is 78.5 Å². The number of urea groups is 1. The maximum atomic E-state index is 13.7. The van der Waals surface area contributed by atoms with E-state index in [4.69, 9.17) is 0 Å². The molecule has 2 aliphatic rings. The van der Waals surface area contributed by atoms with Crippen LogP contribution in [0.1, 0.15) is 30.0 Å². The van der Waals surface area contributed by atoms with Gasteiger partial charge in [0.2, 0.25) is 5.91 Å². The summed E-state index contributed by atoms with van der Waals surface area (Å²) in [6.45, 7) is 1.02. The molecule has 1 aliphatic carbocycles. The van der Waals surface area contributed by atoms with E-state index in [1.54, 1.807) is 6.92 Å². The summed E-state index contributed by atoms with van der Waals surface area (Å²) in [6.07, 6.45) is 2.98. The molecule has 0 unspecified atom stereocenters. The average molecular weight is 399 g/mol. The number of rotatable bonds is 4. The number of hydrogen-bond acceptors (Lipinski definition) is 3. The molecule has 2 N–H and O–H groups in total. The number of halogens is 2. The van der Waals surface area contributed by atoms with Crippen molar-refractivity contribution in [1.29, 1.82) is 0 Å². The molecular formula is C21H19F2N3O3. The quantitative estimate of drug-likeness (QED) is 0.776. The van der Waals surface area contributed by atoms with Crippen molar-refractivity contribution >= 4 is 23.5 Å². The fourth-order valence-electron chi connectivity index (χ4n) is 3.84. The summed E-state index contributed by atoms with van der Waals surface area (Å²) in [4.78, 5) is 38.4. The van der Waals surface area contributed by atoms with Crippen molar-refractivity contribution in [3.8, 4) is 0 Å². The van der Waals surface area contributed by atoms with E-state index in [1.807, 2.05) is 18.2 Å². The first kappa shape index (κ1) is 19.0. The standard InChI is InChI=1S/C21H19F2N3O3/c1-21(14-6-5-12-3-2-4-13(12)9-14)19(28)26(20(29)25-21)11-18(27)24-17-8-7-15(22)10-16(17)23/h5-10H,2-4,11H2,1H3,(H,24,27)(H,25,29)/t21-/m1/s1. The zero-order chi connectivity index (χ0) is 20.8. The number of benzene rings is 2. The van der Waals surface area contributed by atoms with Crippen LogP contribution in [0.3, 0.4) is 0 Å². The van der Waals surface area contributed by atoms with Gasteiger partial charge in [0.25, 0.3) is 5.91 Å². The van der Waals surface area contributed by atoms with Gasteiger partial charge in [0, 0.05) is 6.07 Å². The summed E-state index contributed by atoms with van der Waals surface area (Å²) < 4.78 is 26.7. The molecule has 1 atom stereocenters. The van der Waals surface area contributed by atoms with Crippen LogP contribution in [0, 0.1) is 11.6 Å². The van der Waals surface area contributed by atoms with Crippen LogP contribution in [0.2, 0.25) is 0 Å². The number of fused-ring (bicyclic) bond motifs is 1. The predicted octanol–water partition coefficient (Wildman–Crippen LogP) is 2.86. The van der Waals surface area contributed by atoms with Crippen LogP contribution in [0.5, 0.6) is 0 Å². The lowest BCUT2D eigenvalue weighted by molar-refractivity contribution is -0.133. The lowest BCUT2D eigenvalue weighted by Crippen LogP contribution is -2.42. The molecule has 1 heterocycles. The van der Waals surface area contributed by atoms with Gasteiger partial charge in [0.15, 0.2) is 0 Å². The molecular weight excluding hydrogens is 380 g/mol. The Labute approximate surface area is 165 Å². The van der Waals surface area contributed by atoms with Gasteiger partial charge < -0.3 is 10.6 Å². The number of carbonyl (C=O) groups is 3. The summed E-state index contributed by atoms with van der Waals surface area (Å²) in [6, 6.07) is 7.72. The largest absolute Gasteiger partial charge is 0.325 e. The fourth-order valence-corrected chi connectivity index (χ4v) is 3.84. The molecule has 0 spiro atoms. The predicted molar refractivity (Wildman–Crippen MR) is 101 cm³/mol. The third-order valence-corrected chi connectivity index (χ3v) is 5.46. The second kappa shape index (κ2) is 6.95. The van der Waals surface area contributed by atoms with Crippen molar-refractivity contribution in [2.45, 2.75) is 31.7 Å². The molecule has 0 aromatic heterocycles. The van der Waals surface area contributed by atoms with Crippen LogP contribution >= 0.6 is 0 Å². The van der Waals surface area contributed by atoms with Gasteiger partial charge in [-0.25, -0.2) is 13.6 Å². The van der Waals surface area contributed by atoms with Crippen molar-refractivity contribution < 1.29 is 23.2 Å². The van der Waals surface area contributed by atoms with Crippen molar-refractivity contribution in [2.75, 3.05) is 11.9 Å². The van der Waals surface area contributed by atoms with E-state index in [-0.39, 0.29) is 5.69 Å². The van der Waals surface area contributed by atoms with E-state index in [0.29, 0.717) is 11.6 Å². The van der Waals surface area contributed by atoms with E-state index < -0.39 is 41.6 Å². The Kier molecular flexibility index (Phi) is 4.56. The molecule has 4 amide bonds. The molecule has 4 rings (SSSR count). The number of nitrogens with one attached hydrogen (secondary N) is 2. The highest BCUT2D eigenvalue weighted by atomic mass is 19.1. The first-order chi connectivity index (χ1) is 13.8. The number of aryl methyl sites for hydroxylation is 2. The van der Waals surface area contributed by atoms with Gasteiger partial charge >= 0.3 is 6.03 Å². The van der Waals surface area contributed by atoms with Gasteiger partial charge in [0.05, 0.1) is 5.69 Å². The molecule has 6 nitrogen and oxygen atoms in total. The molecule has 1 saturated heterocycles. The lowest BCUT2D eigenvalue weighted by Gasteiger charge is -2.23. The smallest absolute Gasteiger partial charge is 0.322 e. The molecule has 0 saturated carbocycles. The van der Waals surface area contributed by atoms with E-state index in [2.05, 4.69) is 10.6 Å². The molecule has 150 valence electrons. The third kappa shape index (κ3) is 3.35. The van der Waals surface area contributed by atoms with E-state index in [1.165, 1.54) is 5.56 Å². The van der Waals surface area contributed by atoms with Crippen molar-refractivity contribution in [3.63, 3.8) is 0 Å². The zero-order valence-corrected chi connectivity index (χ0v) is 15.7. The monoisotopic (exact) mass is 399 g/mol. The van der Waals surface area contributed by atoms with Gasteiger partial charge in [-0.3, -0.25) is 14.5 Å². The maximum absolute atomic E-state index is 13.7. The summed E-state index contributed by atoms with van der Waals surface area (Å²) in [5, 5.41) is 4.91. The van der Waals surface area contributed by atoms with Gasteiger partial charge in [-0.2, -0.15) is 0 Å². The van der Waals surface area contributed by atoms with Crippen LogP contribution in [0.4, 0.5) is 19.3 Å². The Morgan fingerprint density at radius 1 is 1.14 bits per heavy atom. The van der Waals surface area contributed by atoms with Crippen LogP contribution in [-0.2, 0) is 28.0 Å². The highest BCUT2D eigenvalue weighted by Gasteiger charge is 2.49. The number of hydrogen-bond donors (Lipinski definition) is 2. The maximum Gasteiger partial charge on any atom is 0.325 e. The SMILES string of the molecule is C[C@]1(c2ccc3c(c2)CCC3)NC(=O)N(CC(=O)Nc2ccc(F)cc2F)C1=O. The third-order valence-electron chi connectivity index (χ3n) is 5.46. The van der Waals surface area contributed by atoms with E-state index in [0.717, 1.165) is 41.9 Å². The molecule has 29 heavy (non-hydrogen) atoms. The van der Waals surface area contributed by atoms with Crippen molar-refractivity contribution in [1.82, 2.24) is 10.2 Å². The van der Waals surface area contributed by atoms with Gasteiger partial charge in [0.1, 0.15) is 23.7 Å². The highest BCUT2D eigenvalue weighted by molar-refractivity contribution is 6.10. The minimum absolute atomic E-state index is 0.232. The normalized spacial score (nSPS) is 20.6. The Hall–Kier alpha value is -3.29. The molecule has 8 heteroatoms. The van der Waals surface area contributed by atoms with Crippen LogP contribution < -0.4 is 10.6 Å². The second-order valence-electron chi connectivity index (χ2n) is 7.46. The Bertz CT molecular complexity index is 1040. The highest BCUT2D eigenvalue weighted by Crippen LogP contribution is 2.32.